The highest BCUT2D eigenvalue weighted by Crippen LogP contribution is 2.38. The Kier molecular flexibility index (Phi) is 13.3. The number of nitrogens with one attached hydrogen (secondary N) is 4. The van der Waals surface area contributed by atoms with E-state index in [2.05, 4.69) is 132 Å². The van der Waals surface area contributed by atoms with Gasteiger partial charge >= 0.3 is 23.9 Å². The number of carbonyl (C=O) groups excluding carboxylic acids is 4. The predicted molar refractivity (Wildman–Crippen MR) is 218 cm³/mol. The smallest absolute Gasteiger partial charge is 0.309 e. The van der Waals surface area contributed by atoms with Crippen LogP contribution < -0.4 is 21.3 Å². The fourth-order valence-electron chi connectivity index (χ4n) is 11.4. The van der Waals surface area contributed by atoms with E-state index < -0.39 is 59.8 Å². The number of carbonyl (C=O) groups is 4. The van der Waals surface area contributed by atoms with Crippen LogP contribution in [-0.2, 0) is 38.1 Å². The number of esters is 4. The van der Waals surface area contributed by atoms with Gasteiger partial charge in [-0.2, -0.15) is 0 Å². The highest BCUT2D eigenvalue weighted by Gasteiger charge is 2.47. The fourth-order valence-corrected chi connectivity index (χ4v) is 11.4. The summed E-state index contributed by atoms with van der Waals surface area (Å²) in [7, 11) is 0. The highest BCUT2D eigenvalue weighted by molar-refractivity contribution is 5.76. The molecule has 0 aliphatic carbocycles. The highest BCUT2D eigenvalue weighted by atomic mass is 16.6. The number of hydrogen-bond donors (Lipinski definition) is 4. The average molecular weight is 791 g/mol. The van der Waals surface area contributed by atoms with E-state index >= 15 is 0 Å². The molecule has 0 saturated carbocycles. The minimum Gasteiger partial charge on any atom is -0.461 e. The Labute approximate surface area is 338 Å². The van der Waals surface area contributed by atoms with Crippen molar-refractivity contribution >= 4 is 23.9 Å². The van der Waals surface area contributed by atoms with Crippen molar-refractivity contribution in [1.29, 1.82) is 0 Å². The molecule has 0 spiro atoms. The monoisotopic (exact) mass is 791 g/mol. The van der Waals surface area contributed by atoms with E-state index in [-0.39, 0.29) is 57.5 Å². The van der Waals surface area contributed by atoms with Gasteiger partial charge in [0.1, 0.15) is 13.2 Å². The molecule has 4 fully saturated rings. The van der Waals surface area contributed by atoms with Gasteiger partial charge in [-0.3, -0.25) is 19.2 Å². The second kappa shape index (κ2) is 16.1. The first-order valence-corrected chi connectivity index (χ1v) is 21.1. The molecule has 12 heteroatoms. The Bertz CT molecular complexity index is 1290. The van der Waals surface area contributed by atoms with Crippen LogP contribution >= 0.6 is 0 Å². The molecule has 0 bridgehead atoms. The van der Waals surface area contributed by atoms with Gasteiger partial charge in [-0.05, 0) is 162 Å². The molecule has 322 valence electrons. The molecule has 2 atom stereocenters. The lowest BCUT2D eigenvalue weighted by atomic mass is 9.76. The van der Waals surface area contributed by atoms with Crippen molar-refractivity contribution in [3.8, 4) is 0 Å². The molecule has 4 aliphatic heterocycles. The van der Waals surface area contributed by atoms with E-state index in [1.54, 1.807) is 0 Å². The van der Waals surface area contributed by atoms with Crippen molar-refractivity contribution in [2.24, 2.45) is 23.7 Å². The molecular formula is C44H78N4O8. The van der Waals surface area contributed by atoms with Crippen LogP contribution in [0, 0.1) is 23.7 Å². The van der Waals surface area contributed by atoms with Crippen LogP contribution in [0.2, 0.25) is 0 Å². The van der Waals surface area contributed by atoms with Crippen LogP contribution in [0.5, 0.6) is 0 Å². The maximum atomic E-state index is 14.2. The van der Waals surface area contributed by atoms with Crippen LogP contribution in [0.15, 0.2) is 0 Å². The molecule has 0 aromatic heterocycles. The molecule has 2 unspecified atom stereocenters. The summed E-state index contributed by atoms with van der Waals surface area (Å²) in [6.45, 7) is 32.3. The summed E-state index contributed by atoms with van der Waals surface area (Å²) in [5.41, 5.74) is -2.55. The predicted octanol–water partition coefficient (Wildman–Crippen LogP) is 6.12. The zero-order chi connectivity index (χ0) is 42.5. The normalized spacial score (nSPS) is 27.9. The zero-order valence-electron chi connectivity index (χ0n) is 37.8. The summed E-state index contributed by atoms with van der Waals surface area (Å²) in [4.78, 5) is 56.2. The van der Waals surface area contributed by atoms with E-state index in [0.717, 1.165) is 0 Å². The van der Waals surface area contributed by atoms with Crippen molar-refractivity contribution in [2.75, 3.05) is 13.2 Å². The Morgan fingerprint density at radius 2 is 0.554 bits per heavy atom. The minimum absolute atomic E-state index is 0.299. The third-order valence-corrected chi connectivity index (χ3v) is 11.8. The lowest BCUT2D eigenvalue weighted by Gasteiger charge is -2.46. The quantitative estimate of drug-likeness (QED) is 0.141. The summed E-state index contributed by atoms with van der Waals surface area (Å²) < 4.78 is 24.7. The van der Waals surface area contributed by atoms with Crippen molar-refractivity contribution in [3.63, 3.8) is 0 Å². The summed E-state index contributed by atoms with van der Waals surface area (Å²) in [6, 6.07) is 0. The molecule has 4 heterocycles. The molecule has 0 radical (unpaired) electrons. The molecule has 4 rings (SSSR count). The second-order valence-electron chi connectivity index (χ2n) is 23.2. The van der Waals surface area contributed by atoms with Gasteiger partial charge in [0.15, 0.2) is 12.2 Å². The molecule has 4 N–H and O–H groups in total. The second-order valence-corrected chi connectivity index (χ2v) is 23.2. The van der Waals surface area contributed by atoms with Gasteiger partial charge in [-0.25, -0.2) is 0 Å². The maximum Gasteiger partial charge on any atom is 0.309 e. The Hall–Kier alpha value is -2.28. The Balaban J connectivity index is 1.66. The van der Waals surface area contributed by atoms with Gasteiger partial charge in [0.05, 0.1) is 23.7 Å². The topological polar surface area (TPSA) is 153 Å². The van der Waals surface area contributed by atoms with E-state index in [1.807, 2.05) is 0 Å². The Morgan fingerprint density at radius 3 is 0.750 bits per heavy atom. The minimum atomic E-state index is -1.21. The van der Waals surface area contributed by atoms with Crippen molar-refractivity contribution in [3.05, 3.63) is 0 Å². The van der Waals surface area contributed by atoms with Gasteiger partial charge in [0.25, 0.3) is 0 Å². The third kappa shape index (κ3) is 13.4. The molecule has 0 amide bonds. The van der Waals surface area contributed by atoms with Gasteiger partial charge in [0, 0.05) is 44.3 Å². The van der Waals surface area contributed by atoms with Gasteiger partial charge in [-0.15, -0.1) is 0 Å². The van der Waals surface area contributed by atoms with Crippen LogP contribution in [0.25, 0.3) is 0 Å². The molecule has 4 aliphatic rings. The molecule has 0 aromatic carbocycles. The number of hydrogen-bond acceptors (Lipinski definition) is 12. The summed E-state index contributed by atoms with van der Waals surface area (Å²) in [5.74, 6) is -3.44. The fraction of sp³-hybridized carbons (Fsp3) is 0.909. The van der Waals surface area contributed by atoms with Crippen molar-refractivity contribution in [1.82, 2.24) is 21.3 Å². The van der Waals surface area contributed by atoms with Gasteiger partial charge in [0.2, 0.25) is 0 Å². The van der Waals surface area contributed by atoms with Crippen molar-refractivity contribution < 1.29 is 38.1 Å². The van der Waals surface area contributed by atoms with Crippen molar-refractivity contribution in [2.45, 2.75) is 219 Å². The van der Waals surface area contributed by atoms with Gasteiger partial charge < -0.3 is 40.2 Å². The maximum absolute atomic E-state index is 14.2. The van der Waals surface area contributed by atoms with E-state index in [0.29, 0.717) is 51.4 Å². The molecule has 12 nitrogen and oxygen atoms in total. The van der Waals surface area contributed by atoms with Crippen LogP contribution in [0.4, 0.5) is 0 Å². The largest absolute Gasteiger partial charge is 0.461 e. The summed E-state index contributed by atoms with van der Waals surface area (Å²) in [5, 5.41) is 14.4. The number of rotatable bonds is 11. The lowest BCUT2D eigenvalue weighted by Crippen LogP contribution is -2.60. The van der Waals surface area contributed by atoms with Crippen LogP contribution in [0.3, 0.4) is 0 Å². The number of piperidine rings is 4. The summed E-state index contributed by atoms with van der Waals surface area (Å²) >= 11 is 0. The Morgan fingerprint density at radius 1 is 0.375 bits per heavy atom. The summed E-state index contributed by atoms with van der Waals surface area (Å²) in [6.07, 6.45) is 1.96. The van der Waals surface area contributed by atoms with E-state index in [9.17, 15) is 19.2 Å². The SMILES string of the molecule is CC1(C)CC(C(=O)OCC(OC(=O)C2CC(C)(C)NC(C)(C)C2)C(COC(=O)C2CC(C)(C)NC(C)(C)C2)OC(=O)C2CC(C)(C)NC(C)(C)C2)CC(C)(C)N1. The first-order valence-electron chi connectivity index (χ1n) is 21.1. The van der Waals surface area contributed by atoms with Crippen LogP contribution in [-0.4, -0.2) is 93.6 Å². The van der Waals surface area contributed by atoms with Crippen LogP contribution in [0.1, 0.15) is 162 Å². The first-order chi connectivity index (χ1) is 25.2. The van der Waals surface area contributed by atoms with E-state index in [4.69, 9.17) is 18.9 Å². The standard InChI is InChI=1S/C44H78N4O8/c1-37(2)17-27(18-38(3,4)45-37)33(49)53-25-31(55-35(51)29-21-41(9,10)47-42(11,12)22-29)32(56-36(52)30-23-43(13,14)48-44(15,16)24-30)26-54-34(50)28-19-39(5,6)46-40(7,8)20-28/h27-32,45-48H,17-26H2,1-16H3. The average Bonchev–Trinajstić information content (AvgIpc) is 2.94. The molecule has 4 saturated heterocycles. The number of ether oxygens (including phenoxy) is 4. The first kappa shape index (κ1) is 46.4. The molecule has 56 heavy (non-hydrogen) atoms. The van der Waals surface area contributed by atoms with E-state index in [1.165, 1.54) is 0 Å². The zero-order valence-corrected chi connectivity index (χ0v) is 37.8. The third-order valence-electron chi connectivity index (χ3n) is 11.8. The molecule has 0 aromatic rings. The van der Waals surface area contributed by atoms with Gasteiger partial charge in [-0.1, -0.05) is 0 Å². The lowest BCUT2D eigenvalue weighted by molar-refractivity contribution is -0.191. The molecular weight excluding hydrogens is 713 g/mol.